The summed E-state index contributed by atoms with van der Waals surface area (Å²) in [7, 11) is -3.12. The lowest BCUT2D eigenvalue weighted by atomic mass is 10.2. The summed E-state index contributed by atoms with van der Waals surface area (Å²) in [6, 6.07) is 4.19. The molecule has 0 radical (unpaired) electrons. The van der Waals surface area contributed by atoms with Crippen LogP contribution in [0.2, 0.25) is 0 Å². The van der Waals surface area contributed by atoms with Gasteiger partial charge in [-0.15, -0.1) is 0 Å². The van der Waals surface area contributed by atoms with E-state index in [4.69, 9.17) is 15.0 Å². The lowest BCUT2D eigenvalue weighted by Gasteiger charge is -2.12. The molecule has 6 nitrogen and oxygen atoms in total. The van der Waals surface area contributed by atoms with Crippen LogP contribution in [0.5, 0.6) is 11.5 Å². The molecule has 0 aliphatic heterocycles. The Hall–Kier alpha value is -1.31. The fourth-order valence-electron chi connectivity index (χ4n) is 1.09. The third-order valence-electron chi connectivity index (χ3n) is 1.88. The highest BCUT2D eigenvalue weighted by atomic mass is 32.2. The minimum atomic E-state index is -4.44. The van der Waals surface area contributed by atoms with Crippen molar-refractivity contribution in [2.75, 3.05) is 7.11 Å². The van der Waals surface area contributed by atoms with E-state index in [1.165, 1.54) is 25.3 Å². The molecule has 1 unspecified atom stereocenters. The van der Waals surface area contributed by atoms with E-state index in [1.54, 1.807) is 0 Å². The average Bonchev–Trinajstić information content (AvgIpc) is 2.16. The number of para-hydroxylation sites is 1. The zero-order valence-electron chi connectivity index (χ0n) is 7.91. The molecular weight excluding hydrogens is 222 g/mol. The second-order valence-corrected chi connectivity index (χ2v) is 4.37. The number of hydrogen-bond donors (Lipinski definition) is 3. The molecule has 1 atom stereocenters. The molecule has 0 aliphatic rings. The van der Waals surface area contributed by atoms with Gasteiger partial charge < -0.3 is 15.6 Å². The topological polar surface area (TPSA) is 110 Å². The van der Waals surface area contributed by atoms with Gasteiger partial charge in [0.2, 0.25) is 0 Å². The molecule has 0 saturated carbocycles. The molecule has 0 heterocycles. The van der Waals surface area contributed by atoms with Gasteiger partial charge >= 0.3 is 0 Å². The maximum absolute atomic E-state index is 10.8. The van der Waals surface area contributed by atoms with Crippen LogP contribution in [0.25, 0.3) is 0 Å². The quantitative estimate of drug-likeness (QED) is 0.645. The van der Waals surface area contributed by atoms with Crippen LogP contribution in [-0.2, 0) is 10.1 Å². The van der Waals surface area contributed by atoms with Gasteiger partial charge in [0.05, 0.1) is 7.11 Å². The first-order valence-corrected chi connectivity index (χ1v) is 5.46. The Morgan fingerprint density at radius 2 is 2.07 bits per heavy atom. The third kappa shape index (κ3) is 2.38. The molecule has 0 spiro atoms. The van der Waals surface area contributed by atoms with E-state index in [1.807, 2.05) is 0 Å². The number of aromatic hydroxyl groups is 1. The van der Waals surface area contributed by atoms with Gasteiger partial charge in [-0.25, -0.2) is 0 Å². The standard InChI is InChI=1S/C8H11NO5S/c1-14-6-4-2-3-5(7(6)10)8(9)15(11,12)13/h2-4,8,10H,9H2,1H3,(H,11,12,13). The Balaban J connectivity index is 3.27. The summed E-state index contributed by atoms with van der Waals surface area (Å²) in [5.74, 6) is -0.309. The van der Waals surface area contributed by atoms with Crippen molar-refractivity contribution in [3.63, 3.8) is 0 Å². The van der Waals surface area contributed by atoms with E-state index in [9.17, 15) is 13.5 Å². The van der Waals surface area contributed by atoms with Crippen LogP contribution < -0.4 is 10.5 Å². The number of nitrogens with two attached hydrogens (primary N) is 1. The average molecular weight is 233 g/mol. The summed E-state index contributed by atoms with van der Waals surface area (Å²) in [5, 5.41) is 7.85. The van der Waals surface area contributed by atoms with Crippen LogP contribution in [0.4, 0.5) is 0 Å². The minimum absolute atomic E-state index is 0.0894. The summed E-state index contributed by atoms with van der Waals surface area (Å²) >= 11 is 0. The number of hydrogen-bond acceptors (Lipinski definition) is 5. The lowest BCUT2D eigenvalue weighted by Crippen LogP contribution is -2.21. The SMILES string of the molecule is COc1cccc(C(N)S(=O)(=O)O)c1O. The second-order valence-electron chi connectivity index (χ2n) is 2.83. The van der Waals surface area contributed by atoms with Gasteiger partial charge in [0.25, 0.3) is 10.1 Å². The van der Waals surface area contributed by atoms with Crippen molar-refractivity contribution in [1.29, 1.82) is 0 Å². The molecule has 7 heteroatoms. The molecule has 1 aromatic carbocycles. The Kier molecular flexibility index (Phi) is 3.18. The largest absolute Gasteiger partial charge is 0.504 e. The molecule has 0 amide bonds. The smallest absolute Gasteiger partial charge is 0.285 e. The first-order chi connectivity index (χ1) is 6.88. The van der Waals surface area contributed by atoms with Crippen LogP contribution in [-0.4, -0.2) is 25.2 Å². The molecule has 0 fully saturated rings. The third-order valence-corrected chi connectivity index (χ3v) is 2.77. The summed E-state index contributed by atoms with van der Waals surface area (Å²) in [6.07, 6.45) is 0. The van der Waals surface area contributed by atoms with Crippen LogP contribution in [0, 0.1) is 0 Å². The highest BCUT2D eigenvalue weighted by Gasteiger charge is 2.24. The minimum Gasteiger partial charge on any atom is -0.504 e. The van der Waals surface area contributed by atoms with Crippen molar-refractivity contribution in [3.8, 4) is 11.5 Å². The van der Waals surface area contributed by atoms with Crippen molar-refractivity contribution < 1.29 is 22.8 Å². The molecule has 0 aliphatic carbocycles. The number of ether oxygens (including phenoxy) is 1. The van der Waals surface area contributed by atoms with E-state index in [0.29, 0.717) is 0 Å². The first-order valence-electron chi connectivity index (χ1n) is 3.95. The Bertz CT molecular complexity index is 456. The molecule has 1 rings (SSSR count). The van der Waals surface area contributed by atoms with Crippen molar-refractivity contribution in [2.24, 2.45) is 5.73 Å². The fraction of sp³-hybridized carbons (Fsp3) is 0.250. The zero-order chi connectivity index (χ0) is 11.6. The van der Waals surface area contributed by atoms with Crippen LogP contribution in [0.3, 0.4) is 0 Å². The van der Waals surface area contributed by atoms with Gasteiger partial charge in [0, 0.05) is 5.56 Å². The van der Waals surface area contributed by atoms with Gasteiger partial charge in [-0.2, -0.15) is 8.42 Å². The van der Waals surface area contributed by atoms with Crippen LogP contribution in [0.15, 0.2) is 18.2 Å². The zero-order valence-corrected chi connectivity index (χ0v) is 8.73. The molecule has 0 aromatic heterocycles. The van der Waals surface area contributed by atoms with E-state index in [-0.39, 0.29) is 11.3 Å². The highest BCUT2D eigenvalue weighted by molar-refractivity contribution is 7.86. The lowest BCUT2D eigenvalue weighted by molar-refractivity contribution is 0.369. The Morgan fingerprint density at radius 3 is 2.53 bits per heavy atom. The Morgan fingerprint density at radius 1 is 1.47 bits per heavy atom. The molecule has 0 bridgehead atoms. The van der Waals surface area contributed by atoms with Crippen molar-refractivity contribution in [3.05, 3.63) is 23.8 Å². The maximum Gasteiger partial charge on any atom is 0.285 e. The van der Waals surface area contributed by atoms with Crippen LogP contribution in [0.1, 0.15) is 10.9 Å². The summed E-state index contributed by atoms with van der Waals surface area (Å²) in [4.78, 5) is 0. The molecule has 84 valence electrons. The monoisotopic (exact) mass is 233 g/mol. The van der Waals surface area contributed by atoms with Crippen molar-refractivity contribution in [1.82, 2.24) is 0 Å². The van der Waals surface area contributed by atoms with E-state index >= 15 is 0 Å². The number of phenolic OH excluding ortho intramolecular Hbond substituents is 1. The van der Waals surface area contributed by atoms with E-state index in [0.717, 1.165) is 0 Å². The summed E-state index contributed by atoms with van der Waals surface area (Å²) in [6.45, 7) is 0. The number of rotatable bonds is 3. The molecular formula is C8H11NO5S. The van der Waals surface area contributed by atoms with Crippen LogP contribution >= 0.6 is 0 Å². The van der Waals surface area contributed by atoms with E-state index in [2.05, 4.69) is 0 Å². The number of phenols is 1. The predicted molar refractivity (Wildman–Crippen MR) is 53.1 cm³/mol. The highest BCUT2D eigenvalue weighted by Crippen LogP contribution is 2.33. The summed E-state index contributed by atoms with van der Waals surface area (Å²) < 4.78 is 35.0. The molecule has 0 saturated heterocycles. The van der Waals surface area contributed by atoms with Gasteiger partial charge in [-0.05, 0) is 6.07 Å². The summed E-state index contributed by atoms with van der Waals surface area (Å²) in [5.41, 5.74) is 5.13. The van der Waals surface area contributed by atoms with Gasteiger partial charge in [0.15, 0.2) is 16.9 Å². The number of benzene rings is 1. The molecule has 4 N–H and O–H groups in total. The van der Waals surface area contributed by atoms with Gasteiger partial charge in [-0.1, -0.05) is 12.1 Å². The molecule has 1 aromatic rings. The fourth-order valence-corrected chi connectivity index (χ4v) is 1.61. The number of methoxy groups -OCH3 is 1. The van der Waals surface area contributed by atoms with Gasteiger partial charge in [0.1, 0.15) is 0 Å². The maximum atomic E-state index is 10.8. The normalized spacial score (nSPS) is 13.5. The van der Waals surface area contributed by atoms with Gasteiger partial charge in [-0.3, -0.25) is 4.55 Å². The van der Waals surface area contributed by atoms with E-state index < -0.39 is 21.2 Å². The first kappa shape index (κ1) is 11.8. The van der Waals surface area contributed by atoms with Crippen molar-refractivity contribution in [2.45, 2.75) is 5.37 Å². The molecule has 15 heavy (non-hydrogen) atoms. The predicted octanol–water partition coefficient (Wildman–Crippen LogP) is 0.246. The van der Waals surface area contributed by atoms with Crippen molar-refractivity contribution >= 4 is 10.1 Å². The second kappa shape index (κ2) is 4.05. The Labute approximate surface area is 87.0 Å².